The van der Waals surface area contributed by atoms with Gasteiger partial charge in [-0.2, -0.15) is 0 Å². The zero-order valence-electron chi connectivity index (χ0n) is 11.4. The SMILES string of the molecule is CCN(CC)CCNCC(=O)NC(C)(C)C. The molecule has 0 aromatic carbocycles. The normalized spacial score (nSPS) is 11.9. The Kier molecular flexibility index (Phi) is 7.34. The van der Waals surface area contributed by atoms with Crippen LogP contribution in [0, 0.1) is 0 Å². The number of carbonyl (C=O) groups excluding carboxylic acids is 1. The quantitative estimate of drug-likeness (QED) is 0.636. The molecule has 0 radical (unpaired) electrons. The molecule has 2 N–H and O–H groups in total. The van der Waals surface area contributed by atoms with Crippen LogP contribution in [0.5, 0.6) is 0 Å². The molecule has 0 bridgehead atoms. The topological polar surface area (TPSA) is 44.4 Å². The molecule has 1 amide bonds. The van der Waals surface area contributed by atoms with Gasteiger partial charge in [0.1, 0.15) is 0 Å². The molecule has 0 spiro atoms. The van der Waals surface area contributed by atoms with Crippen LogP contribution in [0.3, 0.4) is 0 Å². The zero-order valence-corrected chi connectivity index (χ0v) is 11.4. The Labute approximate surface area is 99.8 Å². The number of hydrogen-bond acceptors (Lipinski definition) is 3. The molecule has 16 heavy (non-hydrogen) atoms. The van der Waals surface area contributed by atoms with Crippen LogP contribution in [0.25, 0.3) is 0 Å². The smallest absolute Gasteiger partial charge is 0.234 e. The molecule has 0 rings (SSSR count). The van der Waals surface area contributed by atoms with Gasteiger partial charge in [-0.3, -0.25) is 4.79 Å². The standard InChI is InChI=1S/C12H27N3O/c1-6-15(7-2)9-8-13-10-11(16)14-12(3,4)5/h13H,6-10H2,1-5H3,(H,14,16). The van der Waals surface area contributed by atoms with E-state index in [0.29, 0.717) is 6.54 Å². The lowest BCUT2D eigenvalue weighted by Gasteiger charge is -2.21. The van der Waals surface area contributed by atoms with Crippen molar-refractivity contribution in [3.63, 3.8) is 0 Å². The minimum atomic E-state index is -0.141. The van der Waals surface area contributed by atoms with Gasteiger partial charge in [-0.15, -0.1) is 0 Å². The van der Waals surface area contributed by atoms with Crippen LogP contribution in [-0.2, 0) is 4.79 Å². The molecule has 0 aromatic heterocycles. The van der Waals surface area contributed by atoms with E-state index in [1.54, 1.807) is 0 Å². The summed E-state index contributed by atoms with van der Waals surface area (Å²) in [5, 5.41) is 6.07. The highest BCUT2D eigenvalue weighted by Crippen LogP contribution is 1.96. The van der Waals surface area contributed by atoms with Gasteiger partial charge in [0, 0.05) is 18.6 Å². The number of nitrogens with one attached hydrogen (secondary N) is 2. The highest BCUT2D eigenvalue weighted by atomic mass is 16.2. The fourth-order valence-electron chi connectivity index (χ4n) is 1.44. The van der Waals surface area contributed by atoms with E-state index in [1.165, 1.54) is 0 Å². The Hall–Kier alpha value is -0.610. The van der Waals surface area contributed by atoms with E-state index in [0.717, 1.165) is 26.2 Å². The monoisotopic (exact) mass is 229 g/mol. The second kappa shape index (κ2) is 7.63. The minimum Gasteiger partial charge on any atom is -0.350 e. The number of hydrogen-bond donors (Lipinski definition) is 2. The van der Waals surface area contributed by atoms with Crippen LogP contribution >= 0.6 is 0 Å². The molecule has 0 fully saturated rings. The number of amides is 1. The fourth-order valence-corrected chi connectivity index (χ4v) is 1.44. The summed E-state index contributed by atoms with van der Waals surface area (Å²) in [4.78, 5) is 13.8. The van der Waals surface area contributed by atoms with Crippen molar-refractivity contribution in [3.8, 4) is 0 Å². The van der Waals surface area contributed by atoms with Gasteiger partial charge in [-0.25, -0.2) is 0 Å². The number of nitrogens with zero attached hydrogens (tertiary/aromatic N) is 1. The van der Waals surface area contributed by atoms with Crippen molar-refractivity contribution in [1.82, 2.24) is 15.5 Å². The highest BCUT2D eigenvalue weighted by molar-refractivity contribution is 5.78. The Balaban J connectivity index is 3.55. The number of rotatable bonds is 7. The van der Waals surface area contributed by atoms with Crippen molar-refractivity contribution in [2.24, 2.45) is 0 Å². The summed E-state index contributed by atoms with van der Waals surface area (Å²) in [5.74, 6) is 0.0621. The first-order valence-corrected chi connectivity index (χ1v) is 6.13. The van der Waals surface area contributed by atoms with Crippen molar-refractivity contribution >= 4 is 5.91 Å². The van der Waals surface area contributed by atoms with Crippen LogP contribution in [0.1, 0.15) is 34.6 Å². The van der Waals surface area contributed by atoms with Gasteiger partial charge in [0.25, 0.3) is 0 Å². The maximum absolute atomic E-state index is 11.5. The van der Waals surface area contributed by atoms with Crippen molar-refractivity contribution in [2.45, 2.75) is 40.2 Å². The predicted octanol–water partition coefficient (Wildman–Crippen LogP) is 0.833. The summed E-state index contributed by atoms with van der Waals surface area (Å²) in [7, 11) is 0. The summed E-state index contributed by atoms with van der Waals surface area (Å²) < 4.78 is 0. The Morgan fingerprint density at radius 2 is 1.75 bits per heavy atom. The van der Waals surface area contributed by atoms with E-state index in [-0.39, 0.29) is 11.4 Å². The number of likely N-dealkylation sites (N-methyl/N-ethyl adjacent to an activating group) is 1. The molecule has 0 heterocycles. The summed E-state index contributed by atoms with van der Waals surface area (Å²) in [6, 6.07) is 0. The lowest BCUT2D eigenvalue weighted by atomic mass is 10.1. The molecular weight excluding hydrogens is 202 g/mol. The first-order valence-electron chi connectivity index (χ1n) is 6.13. The summed E-state index contributed by atoms with van der Waals surface area (Å²) in [5.41, 5.74) is -0.141. The van der Waals surface area contributed by atoms with Gasteiger partial charge < -0.3 is 15.5 Å². The van der Waals surface area contributed by atoms with E-state index in [1.807, 2.05) is 20.8 Å². The maximum Gasteiger partial charge on any atom is 0.234 e. The molecule has 0 aliphatic rings. The van der Waals surface area contributed by atoms with Crippen molar-refractivity contribution in [2.75, 3.05) is 32.7 Å². The lowest BCUT2D eigenvalue weighted by Crippen LogP contribution is -2.45. The molecule has 0 aliphatic heterocycles. The van der Waals surface area contributed by atoms with Gasteiger partial charge in [-0.1, -0.05) is 13.8 Å². The fraction of sp³-hybridized carbons (Fsp3) is 0.917. The molecule has 96 valence electrons. The van der Waals surface area contributed by atoms with Crippen molar-refractivity contribution < 1.29 is 4.79 Å². The van der Waals surface area contributed by atoms with Gasteiger partial charge in [0.2, 0.25) is 5.91 Å². The molecule has 0 atom stereocenters. The van der Waals surface area contributed by atoms with Gasteiger partial charge in [0.05, 0.1) is 6.54 Å². The van der Waals surface area contributed by atoms with E-state index in [4.69, 9.17) is 0 Å². The summed E-state index contributed by atoms with van der Waals surface area (Å²) in [6.45, 7) is 14.6. The van der Waals surface area contributed by atoms with Crippen LogP contribution in [0.4, 0.5) is 0 Å². The molecular formula is C12H27N3O. The van der Waals surface area contributed by atoms with Crippen LogP contribution < -0.4 is 10.6 Å². The average molecular weight is 229 g/mol. The van der Waals surface area contributed by atoms with E-state index in [9.17, 15) is 4.79 Å². The summed E-state index contributed by atoms with van der Waals surface area (Å²) >= 11 is 0. The largest absolute Gasteiger partial charge is 0.350 e. The number of carbonyl (C=O) groups is 1. The third-order valence-corrected chi connectivity index (χ3v) is 2.30. The van der Waals surface area contributed by atoms with Crippen molar-refractivity contribution in [1.29, 1.82) is 0 Å². The average Bonchev–Trinajstić information content (AvgIpc) is 2.15. The van der Waals surface area contributed by atoms with Crippen molar-refractivity contribution in [3.05, 3.63) is 0 Å². The third-order valence-electron chi connectivity index (χ3n) is 2.30. The van der Waals surface area contributed by atoms with Gasteiger partial charge in [-0.05, 0) is 33.9 Å². The first kappa shape index (κ1) is 15.4. The molecule has 0 aromatic rings. The minimum absolute atomic E-state index is 0.0621. The highest BCUT2D eigenvalue weighted by Gasteiger charge is 2.12. The summed E-state index contributed by atoms with van der Waals surface area (Å²) in [6.07, 6.45) is 0. The Morgan fingerprint density at radius 1 is 1.19 bits per heavy atom. The predicted molar refractivity (Wildman–Crippen MR) is 68.6 cm³/mol. The lowest BCUT2D eigenvalue weighted by molar-refractivity contribution is -0.121. The maximum atomic E-state index is 11.5. The molecule has 0 unspecified atom stereocenters. The third kappa shape index (κ3) is 8.68. The van der Waals surface area contributed by atoms with Crippen LogP contribution in [0.15, 0.2) is 0 Å². The second-order valence-electron chi connectivity index (χ2n) is 5.00. The van der Waals surface area contributed by atoms with E-state index >= 15 is 0 Å². The molecule has 0 aliphatic carbocycles. The molecule has 0 saturated heterocycles. The second-order valence-corrected chi connectivity index (χ2v) is 5.00. The molecule has 4 nitrogen and oxygen atoms in total. The van der Waals surface area contributed by atoms with Gasteiger partial charge >= 0.3 is 0 Å². The molecule has 4 heteroatoms. The van der Waals surface area contributed by atoms with Gasteiger partial charge in [0.15, 0.2) is 0 Å². The van der Waals surface area contributed by atoms with Crippen LogP contribution in [0.2, 0.25) is 0 Å². The molecule has 0 saturated carbocycles. The van der Waals surface area contributed by atoms with E-state index < -0.39 is 0 Å². The first-order chi connectivity index (χ1) is 7.39. The Morgan fingerprint density at radius 3 is 2.19 bits per heavy atom. The van der Waals surface area contributed by atoms with E-state index in [2.05, 4.69) is 29.4 Å². The zero-order chi connectivity index (χ0) is 12.6. The van der Waals surface area contributed by atoms with Crippen LogP contribution in [-0.4, -0.2) is 49.1 Å². The Bertz CT molecular complexity index is 195.